The van der Waals surface area contributed by atoms with E-state index < -0.39 is 0 Å². The van der Waals surface area contributed by atoms with E-state index in [-0.39, 0.29) is 5.91 Å². The molecule has 0 saturated carbocycles. The van der Waals surface area contributed by atoms with E-state index in [0.717, 1.165) is 35.7 Å². The van der Waals surface area contributed by atoms with Crippen molar-refractivity contribution >= 4 is 23.5 Å². The van der Waals surface area contributed by atoms with Crippen LogP contribution in [0.5, 0.6) is 5.75 Å². The number of amides is 1. The highest BCUT2D eigenvalue weighted by atomic mass is 32.2. The van der Waals surface area contributed by atoms with Gasteiger partial charge in [-0.2, -0.15) is 0 Å². The summed E-state index contributed by atoms with van der Waals surface area (Å²) in [4.78, 5) is 23.4. The lowest BCUT2D eigenvalue weighted by Gasteiger charge is -2.23. The van der Waals surface area contributed by atoms with Crippen LogP contribution in [-0.2, 0) is 6.54 Å². The smallest absolute Gasteiger partial charge is 0.255 e. The molecule has 0 aliphatic heterocycles. The number of likely N-dealkylation sites (N-methyl/N-ethyl adjacent to an activating group) is 2. The Morgan fingerprint density at radius 3 is 2.27 bits per heavy atom. The van der Waals surface area contributed by atoms with Crippen molar-refractivity contribution < 1.29 is 9.53 Å². The fourth-order valence-electron chi connectivity index (χ4n) is 3.32. The lowest BCUT2D eigenvalue weighted by atomic mass is 10.1. The van der Waals surface area contributed by atoms with E-state index in [9.17, 15) is 4.79 Å². The van der Waals surface area contributed by atoms with Crippen LogP contribution in [0.1, 0.15) is 15.9 Å². The summed E-state index contributed by atoms with van der Waals surface area (Å²) >= 11 is 1.71. The molecule has 1 amide bonds. The van der Waals surface area contributed by atoms with Gasteiger partial charge in [-0.25, -0.2) is 4.98 Å². The molecule has 3 aromatic rings. The van der Waals surface area contributed by atoms with Gasteiger partial charge in [-0.05, 0) is 62.3 Å². The molecule has 174 valence electrons. The van der Waals surface area contributed by atoms with Crippen LogP contribution < -0.4 is 15.0 Å². The number of nitrogens with zero attached hydrogens (tertiary/aromatic N) is 3. The summed E-state index contributed by atoms with van der Waals surface area (Å²) in [6.07, 6.45) is 2.06. The van der Waals surface area contributed by atoms with Gasteiger partial charge in [0.1, 0.15) is 11.6 Å². The highest BCUT2D eigenvalue weighted by Gasteiger charge is 2.18. The number of hydrogen-bond acceptors (Lipinski definition) is 6. The molecule has 1 aromatic heterocycles. The van der Waals surface area contributed by atoms with Crippen LogP contribution in [0.2, 0.25) is 0 Å². The number of anilines is 1. The normalized spacial score (nSPS) is 10.8. The van der Waals surface area contributed by atoms with Crippen molar-refractivity contribution in [1.82, 2.24) is 15.2 Å². The second-order valence-electron chi connectivity index (χ2n) is 8.05. The largest absolute Gasteiger partial charge is 0.497 e. The first-order valence-corrected chi connectivity index (χ1v) is 12.1. The first-order valence-electron chi connectivity index (χ1n) is 10.8. The minimum absolute atomic E-state index is 0.144. The molecule has 0 saturated heterocycles. The van der Waals surface area contributed by atoms with Crippen molar-refractivity contribution in [2.75, 3.05) is 52.5 Å². The predicted octanol–water partition coefficient (Wildman–Crippen LogP) is 4.41. The first kappa shape index (κ1) is 24.6. The molecule has 0 aliphatic rings. The Kier molecular flexibility index (Phi) is 8.74. The Balaban J connectivity index is 1.84. The summed E-state index contributed by atoms with van der Waals surface area (Å²) in [5.74, 6) is 1.32. The summed E-state index contributed by atoms with van der Waals surface area (Å²) in [5, 5.41) is 3.03. The maximum Gasteiger partial charge on any atom is 0.255 e. The molecule has 3 rings (SSSR count). The molecule has 1 heterocycles. The predicted molar refractivity (Wildman–Crippen MR) is 137 cm³/mol. The fraction of sp³-hybridized carbons (Fsp3) is 0.308. The molecule has 2 aromatic carbocycles. The van der Waals surface area contributed by atoms with Crippen LogP contribution in [0.3, 0.4) is 0 Å². The number of benzene rings is 2. The molecule has 33 heavy (non-hydrogen) atoms. The molecule has 0 spiro atoms. The molecule has 7 heteroatoms. The number of hydrogen-bond donors (Lipinski definition) is 1. The summed E-state index contributed by atoms with van der Waals surface area (Å²) in [7, 11) is 7.69. The number of nitrogens with one attached hydrogen (secondary N) is 1. The Hall–Kier alpha value is -3.03. The third kappa shape index (κ3) is 6.73. The quantitative estimate of drug-likeness (QED) is 0.449. The number of methoxy groups -OCH3 is 1. The van der Waals surface area contributed by atoms with Gasteiger partial charge in [0.25, 0.3) is 5.91 Å². The van der Waals surface area contributed by atoms with Crippen LogP contribution in [0.25, 0.3) is 11.3 Å². The summed E-state index contributed by atoms with van der Waals surface area (Å²) in [5.41, 5.74) is 3.45. The van der Waals surface area contributed by atoms with Gasteiger partial charge in [0.15, 0.2) is 0 Å². The molecular formula is C26H32N4O2S. The van der Waals surface area contributed by atoms with Gasteiger partial charge in [0, 0.05) is 37.1 Å². The molecule has 0 bridgehead atoms. The Morgan fingerprint density at radius 1 is 0.970 bits per heavy atom. The zero-order chi connectivity index (χ0) is 23.8. The van der Waals surface area contributed by atoms with E-state index in [0.29, 0.717) is 17.9 Å². The summed E-state index contributed by atoms with van der Waals surface area (Å²) in [6.45, 7) is 2.05. The molecule has 1 N–H and O–H groups in total. The number of aromatic nitrogens is 1. The van der Waals surface area contributed by atoms with E-state index in [2.05, 4.69) is 40.7 Å². The second-order valence-corrected chi connectivity index (χ2v) is 8.93. The van der Waals surface area contributed by atoms with Crippen LogP contribution in [-0.4, -0.2) is 63.4 Å². The van der Waals surface area contributed by atoms with E-state index >= 15 is 0 Å². The van der Waals surface area contributed by atoms with Crippen molar-refractivity contribution in [3.8, 4) is 17.0 Å². The van der Waals surface area contributed by atoms with Crippen molar-refractivity contribution in [2.24, 2.45) is 0 Å². The summed E-state index contributed by atoms with van der Waals surface area (Å²) < 4.78 is 5.20. The van der Waals surface area contributed by atoms with Crippen LogP contribution in [0.4, 0.5) is 5.82 Å². The Morgan fingerprint density at radius 2 is 1.67 bits per heavy atom. The number of carbonyl (C=O) groups excluding carboxylic acids is 1. The topological polar surface area (TPSA) is 57.7 Å². The first-order chi connectivity index (χ1) is 15.9. The lowest BCUT2D eigenvalue weighted by molar-refractivity contribution is 0.0951. The molecule has 0 radical (unpaired) electrons. The second kappa shape index (κ2) is 11.7. The zero-order valence-electron chi connectivity index (χ0n) is 20.0. The monoisotopic (exact) mass is 464 g/mol. The fourth-order valence-corrected chi connectivity index (χ4v) is 3.72. The van der Waals surface area contributed by atoms with Crippen molar-refractivity contribution in [3.05, 3.63) is 71.8 Å². The molecular weight excluding hydrogens is 432 g/mol. The highest BCUT2D eigenvalue weighted by Crippen LogP contribution is 2.26. The van der Waals surface area contributed by atoms with E-state index in [1.165, 1.54) is 4.90 Å². The minimum atomic E-state index is -0.144. The third-order valence-corrected chi connectivity index (χ3v) is 6.11. The number of thioether (sulfide) groups is 1. The highest BCUT2D eigenvalue weighted by molar-refractivity contribution is 7.98. The van der Waals surface area contributed by atoms with E-state index in [1.54, 1.807) is 18.9 Å². The van der Waals surface area contributed by atoms with E-state index in [1.807, 2.05) is 62.4 Å². The number of ether oxygens (including phenoxy) is 1. The van der Waals surface area contributed by atoms with Crippen LogP contribution in [0.15, 0.2) is 65.6 Å². The molecule has 0 atom stereocenters. The van der Waals surface area contributed by atoms with Gasteiger partial charge in [0.2, 0.25) is 0 Å². The maximum absolute atomic E-state index is 13.1. The van der Waals surface area contributed by atoms with Gasteiger partial charge in [-0.15, -0.1) is 11.8 Å². The van der Waals surface area contributed by atoms with Crippen molar-refractivity contribution in [2.45, 2.75) is 11.4 Å². The SMILES string of the molecule is COc1ccc(CNC(=O)c2ccc(-c3ccc(SC)cc3)nc2N(C)CCN(C)C)cc1. The minimum Gasteiger partial charge on any atom is -0.497 e. The average Bonchev–Trinajstić information content (AvgIpc) is 2.85. The standard InChI is InChI=1S/C26H32N4O2S/c1-29(2)16-17-30(3)25-23(26(31)27-18-19-6-10-21(32-4)11-7-19)14-15-24(28-25)20-8-12-22(33-5)13-9-20/h6-15H,16-18H2,1-5H3,(H,27,31). The van der Waals surface area contributed by atoms with Gasteiger partial charge in [0.05, 0.1) is 18.4 Å². The van der Waals surface area contributed by atoms with Crippen molar-refractivity contribution in [1.29, 1.82) is 0 Å². The van der Waals surface area contributed by atoms with Gasteiger partial charge >= 0.3 is 0 Å². The van der Waals surface area contributed by atoms with E-state index in [4.69, 9.17) is 9.72 Å². The van der Waals surface area contributed by atoms with Gasteiger partial charge in [-0.3, -0.25) is 4.79 Å². The number of carbonyl (C=O) groups is 1. The third-order valence-electron chi connectivity index (χ3n) is 5.36. The lowest BCUT2D eigenvalue weighted by Crippen LogP contribution is -2.32. The molecule has 6 nitrogen and oxygen atoms in total. The average molecular weight is 465 g/mol. The Bertz CT molecular complexity index is 1050. The molecule has 0 fully saturated rings. The Labute approximate surface area is 201 Å². The molecule has 0 aliphatic carbocycles. The molecule has 0 unspecified atom stereocenters. The van der Waals surface area contributed by atoms with Crippen molar-refractivity contribution in [3.63, 3.8) is 0 Å². The zero-order valence-corrected chi connectivity index (χ0v) is 20.8. The number of pyridine rings is 1. The van der Waals surface area contributed by atoms with Crippen LogP contribution >= 0.6 is 11.8 Å². The van der Waals surface area contributed by atoms with Crippen LogP contribution in [0, 0.1) is 0 Å². The van der Waals surface area contributed by atoms with Gasteiger partial charge in [-0.1, -0.05) is 24.3 Å². The summed E-state index contributed by atoms with van der Waals surface area (Å²) in [6, 6.07) is 19.8. The van der Waals surface area contributed by atoms with Gasteiger partial charge < -0.3 is 19.9 Å². The maximum atomic E-state index is 13.1. The number of rotatable bonds is 10.